The first-order valence-corrected chi connectivity index (χ1v) is 7.81. The van der Waals surface area contributed by atoms with Crippen molar-refractivity contribution in [3.05, 3.63) is 67.5 Å². The second-order valence-corrected chi connectivity index (χ2v) is 6.23. The molecule has 1 aliphatic heterocycles. The molecule has 8 heteroatoms. The summed E-state index contributed by atoms with van der Waals surface area (Å²) in [5, 5.41) is 20.2. The van der Waals surface area contributed by atoms with Crippen molar-refractivity contribution in [1.29, 1.82) is 0 Å². The average molecular weight is 339 g/mol. The lowest BCUT2D eigenvalue weighted by Crippen LogP contribution is -2.42. The molecule has 0 amide bonds. The van der Waals surface area contributed by atoms with Gasteiger partial charge < -0.3 is 10.4 Å². The Morgan fingerprint density at radius 3 is 2.64 bits per heavy atom. The Kier molecular flexibility index (Phi) is 3.11. The lowest BCUT2D eigenvalue weighted by molar-refractivity contribution is 0.474. The molecular formula is C17H17N5O3. The van der Waals surface area contributed by atoms with Gasteiger partial charge in [-0.15, -0.1) is 0 Å². The van der Waals surface area contributed by atoms with Crippen LogP contribution in [-0.4, -0.2) is 24.4 Å². The number of H-pyrrole nitrogens is 1. The quantitative estimate of drug-likeness (QED) is 0.481. The monoisotopic (exact) mass is 339 g/mol. The first-order valence-electron chi connectivity index (χ1n) is 7.81. The number of aromatic amines is 1. The maximum atomic E-state index is 12.9. The SMILES string of the molecule is Cc1[nH]nc2c1[C@@H](c1cccc(O)c1)c1c(n(C)c(=O)n(C)c1=O)N2. The van der Waals surface area contributed by atoms with Crippen molar-refractivity contribution in [1.82, 2.24) is 19.3 Å². The minimum atomic E-state index is -0.442. The highest BCUT2D eigenvalue weighted by molar-refractivity contribution is 5.71. The lowest BCUT2D eigenvalue weighted by atomic mass is 9.83. The predicted octanol–water partition coefficient (Wildman–Crippen LogP) is 1.06. The van der Waals surface area contributed by atoms with E-state index in [0.717, 1.165) is 21.4 Å². The van der Waals surface area contributed by atoms with Crippen molar-refractivity contribution in [2.45, 2.75) is 12.8 Å². The molecule has 0 fully saturated rings. The molecule has 0 aliphatic carbocycles. The van der Waals surface area contributed by atoms with Gasteiger partial charge in [-0.2, -0.15) is 5.10 Å². The van der Waals surface area contributed by atoms with Gasteiger partial charge >= 0.3 is 5.69 Å². The van der Waals surface area contributed by atoms with Crippen LogP contribution in [0.3, 0.4) is 0 Å². The van der Waals surface area contributed by atoms with Gasteiger partial charge in [0.15, 0.2) is 5.82 Å². The second-order valence-electron chi connectivity index (χ2n) is 6.23. The molecule has 0 saturated heterocycles. The summed E-state index contributed by atoms with van der Waals surface area (Å²) in [7, 11) is 3.07. The first kappa shape index (κ1) is 15.3. The molecule has 0 spiro atoms. The lowest BCUT2D eigenvalue weighted by Gasteiger charge is -2.28. The van der Waals surface area contributed by atoms with Crippen LogP contribution in [0.5, 0.6) is 5.75 Å². The maximum absolute atomic E-state index is 12.9. The van der Waals surface area contributed by atoms with Gasteiger partial charge in [0.25, 0.3) is 5.56 Å². The fourth-order valence-corrected chi connectivity index (χ4v) is 3.46. The average Bonchev–Trinajstić information content (AvgIpc) is 2.97. The van der Waals surface area contributed by atoms with E-state index in [9.17, 15) is 14.7 Å². The van der Waals surface area contributed by atoms with E-state index in [1.165, 1.54) is 11.6 Å². The van der Waals surface area contributed by atoms with Crippen LogP contribution in [0.2, 0.25) is 0 Å². The number of phenolic OH excluding ortho intramolecular Hbond substituents is 1. The Labute approximate surface area is 142 Å². The van der Waals surface area contributed by atoms with Crippen LogP contribution >= 0.6 is 0 Å². The second kappa shape index (κ2) is 5.10. The number of hydrogen-bond acceptors (Lipinski definition) is 5. The highest BCUT2D eigenvalue weighted by Crippen LogP contribution is 2.43. The Balaban J connectivity index is 2.13. The molecule has 0 saturated carbocycles. The Morgan fingerprint density at radius 2 is 1.92 bits per heavy atom. The fourth-order valence-electron chi connectivity index (χ4n) is 3.46. The van der Waals surface area contributed by atoms with Gasteiger partial charge in [0.2, 0.25) is 0 Å². The summed E-state index contributed by atoms with van der Waals surface area (Å²) < 4.78 is 2.50. The van der Waals surface area contributed by atoms with E-state index in [2.05, 4.69) is 15.5 Å². The normalized spacial score (nSPS) is 15.4. The van der Waals surface area contributed by atoms with Crippen LogP contribution in [0.1, 0.15) is 28.3 Å². The molecular weight excluding hydrogens is 322 g/mol. The van der Waals surface area contributed by atoms with Crippen molar-refractivity contribution < 1.29 is 5.11 Å². The third-order valence-electron chi connectivity index (χ3n) is 4.71. The van der Waals surface area contributed by atoms with Crippen LogP contribution in [0.4, 0.5) is 11.6 Å². The molecule has 0 unspecified atom stereocenters. The zero-order valence-corrected chi connectivity index (χ0v) is 14.0. The van der Waals surface area contributed by atoms with Gasteiger partial charge in [-0.25, -0.2) is 4.79 Å². The van der Waals surface area contributed by atoms with Crippen LogP contribution in [0.15, 0.2) is 33.9 Å². The Hall–Kier alpha value is -3.29. The topological polar surface area (TPSA) is 105 Å². The summed E-state index contributed by atoms with van der Waals surface area (Å²) >= 11 is 0. The summed E-state index contributed by atoms with van der Waals surface area (Å²) in [6, 6.07) is 6.78. The number of hydrogen-bond donors (Lipinski definition) is 3. The molecule has 8 nitrogen and oxygen atoms in total. The molecule has 1 atom stereocenters. The van der Waals surface area contributed by atoms with Gasteiger partial charge in [-0.3, -0.25) is 19.0 Å². The van der Waals surface area contributed by atoms with E-state index in [1.807, 2.05) is 13.0 Å². The molecule has 25 heavy (non-hydrogen) atoms. The van der Waals surface area contributed by atoms with Gasteiger partial charge in [-0.05, 0) is 24.6 Å². The summed E-state index contributed by atoms with van der Waals surface area (Å²) in [4.78, 5) is 25.2. The van der Waals surface area contributed by atoms with E-state index in [4.69, 9.17) is 0 Å². The van der Waals surface area contributed by atoms with Crippen molar-refractivity contribution >= 4 is 11.6 Å². The number of anilines is 2. The highest BCUT2D eigenvalue weighted by Gasteiger charge is 2.35. The summed E-state index contributed by atoms with van der Waals surface area (Å²) in [5.41, 5.74) is 2.06. The number of fused-ring (bicyclic) bond motifs is 2. The van der Waals surface area contributed by atoms with Gasteiger partial charge in [0.05, 0.1) is 5.56 Å². The van der Waals surface area contributed by atoms with Gasteiger partial charge in [0.1, 0.15) is 11.6 Å². The smallest absolute Gasteiger partial charge is 0.332 e. The van der Waals surface area contributed by atoms with Gasteiger partial charge in [-0.1, -0.05) is 12.1 Å². The maximum Gasteiger partial charge on any atom is 0.332 e. The predicted molar refractivity (Wildman–Crippen MR) is 92.6 cm³/mol. The minimum absolute atomic E-state index is 0.113. The number of aromatic nitrogens is 4. The van der Waals surface area contributed by atoms with Crippen molar-refractivity contribution in [3.63, 3.8) is 0 Å². The number of rotatable bonds is 1. The molecule has 128 valence electrons. The first-order chi connectivity index (χ1) is 11.9. The van der Waals surface area contributed by atoms with Crippen LogP contribution in [-0.2, 0) is 14.1 Å². The molecule has 3 N–H and O–H groups in total. The van der Waals surface area contributed by atoms with Crippen molar-refractivity contribution in [3.8, 4) is 5.75 Å². The standard InChI is InChI=1S/C17H17N5O3/c1-8-11-12(9-5-4-6-10(23)7-9)13-15(18-14(11)20-19-8)21(2)17(25)22(3)16(13)24/h4-7,12,23H,1-3H3,(H2,18,19,20)/t12-/m1/s1. The molecule has 1 aromatic carbocycles. The van der Waals surface area contributed by atoms with E-state index < -0.39 is 11.6 Å². The summed E-state index contributed by atoms with van der Waals surface area (Å²) in [6.45, 7) is 1.88. The molecule has 3 aromatic rings. The summed E-state index contributed by atoms with van der Waals surface area (Å²) in [5.74, 6) is 0.659. The van der Waals surface area contributed by atoms with E-state index in [0.29, 0.717) is 17.2 Å². The number of nitrogens with zero attached hydrogens (tertiary/aromatic N) is 3. The minimum Gasteiger partial charge on any atom is -0.508 e. The molecule has 0 radical (unpaired) electrons. The van der Waals surface area contributed by atoms with E-state index >= 15 is 0 Å². The molecule has 1 aliphatic rings. The fraction of sp³-hybridized carbons (Fsp3) is 0.235. The molecule has 4 rings (SSSR count). The molecule has 3 heterocycles. The zero-order chi connectivity index (χ0) is 17.9. The van der Waals surface area contributed by atoms with Crippen LogP contribution < -0.4 is 16.6 Å². The number of aromatic hydroxyl groups is 1. The van der Waals surface area contributed by atoms with Crippen molar-refractivity contribution in [2.24, 2.45) is 14.1 Å². The zero-order valence-electron chi connectivity index (χ0n) is 14.0. The Bertz CT molecular complexity index is 1120. The number of aryl methyl sites for hydroxylation is 1. The van der Waals surface area contributed by atoms with Gasteiger partial charge in [0, 0.05) is 31.3 Å². The summed E-state index contributed by atoms with van der Waals surface area (Å²) in [6.07, 6.45) is 0. The molecule has 2 aromatic heterocycles. The Morgan fingerprint density at radius 1 is 1.16 bits per heavy atom. The van der Waals surface area contributed by atoms with Crippen molar-refractivity contribution in [2.75, 3.05) is 5.32 Å². The van der Waals surface area contributed by atoms with E-state index in [-0.39, 0.29) is 11.3 Å². The van der Waals surface area contributed by atoms with Crippen LogP contribution in [0, 0.1) is 6.92 Å². The van der Waals surface area contributed by atoms with E-state index in [1.54, 1.807) is 25.2 Å². The number of nitrogens with one attached hydrogen (secondary N) is 2. The largest absolute Gasteiger partial charge is 0.508 e. The number of benzene rings is 1. The van der Waals surface area contributed by atoms with Crippen LogP contribution in [0.25, 0.3) is 0 Å². The number of phenols is 1. The highest BCUT2D eigenvalue weighted by atomic mass is 16.3. The third kappa shape index (κ3) is 2.03. The third-order valence-corrected chi connectivity index (χ3v) is 4.71. The molecule has 0 bridgehead atoms.